The van der Waals surface area contributed by atoms with Crippen molar-refractivity contribution in [1.82, 2.24) is 0 Å². The molecular formula is C13H21FN2O2. The normalized spacial score (nSPS) is 14.1. The highest BCUT2D eigenvalue weighted by atomic mass is 19.1. The summed E-state index contributed by atoms with van der Waals surface area (Å²) >= 11 is 0. The van der Waals surface area contributed by atoms with Crippen molar-refractivity contribution in [3.63, 3.8) is 0 Å². The molecule has 0 aromatic heterocycles. The highest BCUT2D eigenvalue weighted by molar-refractivity contribution is 5.50. The molecule has 0 fully saturated rings. The average molecular weight is 256 g/mol. The summed E-state index contributed by atoms with van der Waals surface area (Å²) in [5, 5.41) is 3.10. The number of hydrogen-bond acceptors (Lipinski definition) is 4. The summed E-state index contributed by atoms with van der Waals surface area (Å²) in [7, 11) is 3.18. The summed E-state index contributed by atoms with van der Waals surface area (Å²) < 4.78 is 23.8. The van der Waals surface area contributed by atoms with Crippen molar-refractivity contribution in [1.29, 1.82) is 0 Å². The molecule has 0 radical (unpaired) electrons. The van der Waals surface area contributed by atoms with E-state index in [1.54, 1.807) is 26.4 Å². The van der Waals surface area contributed by atoms with E-state index in [-0.39, 0.29) is 17.8 Å². The highest BCUT2D eigenvalue weighted by Gasteiger charge is 2.17. The smallest absolute Gasteiger partial charge is 0.146 e. The number of anilines is 1. The third-order valence-electron chi connectivity index (χ3n) is 2.88. The van der Waals surface area contributed by atoms with Crippen molar-refractivity contribution in [2.75, 3.05) is 32.7 Å². The predicted molar refractivity (Wildman–Crippen MR) is 70.5 cm³/mol. The number of rotatable bonds is 7. The molecule has 0 heterocycles. The lowest BCUT2D eigenvalue weighted by Gasteiger charge is -2.24. The van der Waals surface area contributed by atoms with Gasteiger partial charge in [-0.1, -0.05) is 6.92 Å². The van der Waals surface area contributed by atoms with Gasteiger partial charge in [0.2, 0.25) is 0 Å². The van der Waals surface area contributed by atoms with Crippen LogP contribution in [0, 0.1) is 11.7 Å². The first-order valence-corrected chi connectivity index (χ1v) is 5.91. The Morgan fingerprint density at radius 1 is 1.39 bits per heavy atom. The van der Waals surface area contributed by atoms with Gasteiger partial charge in [0.25, 0.3) is 0 Å². The van der Waals surface area contributed by atoms with Gasteiger partial charge in [0.15, 0.2) is 0 Å². The van der Waals surface area contributed by atoms with Crippen molar-refractivity contribution in [3.8, 4) is 5.75 Å². The number of nitrogens with one attached hydrogen (secondary N) is 1. The van der Waals surface area contributed by atoms with Crippen LogP contribution in [0.5, 0.6) is 5.75 Å². The molecule has 2 atom stereocenters. The molecule has 1 aromatic rings. The summed E-state index contributed by atoms with van der Waals surface area (Å²) in [6.45, 7) is 2.98. The van der Waals surface area contributed by atoms with Crippen LogP contribution >= 0.6 is 0 Å². The zero-order valence-corrected chi connectivity index (χ0v) is 11.1. The summed E-state index contributed by atoms with van der Waals surface area (Å²) in [4.78, 5) is 0. The topological polar surface area (TPSA) is 56.5 Å². The first kappa shape index (κ1) is 14.7. The van der Waals surface area contributed by atoms with Crippen molar-refractivity contribution in [2.24, 2.45) is 11.7 Å². The van der Waals surface area contributed by atoms with Crippen LogP contribution in [0.25, 0.3) is 0 Å². The SMILES string of the molecule is COCC(C)C(CN)Nc1cc(OC)ccc1F. The van der Waals surface area contributed by atoms with Crippen LogP contribution in [0.3, 0.4) is 0 Å². The number of hydrogen-bond donors (Lipinski definition) is 2. The van der Waals surface area contributed by atoms with Crippen LogP contribution in [0.1, 0.15) is 6.92 Å². The molecule has 4 nitrogen and oxygen atoms in total. The van der Waals surface area contributed by atoms with Gasteiger partial charge in [-0.2, -0.15) is 0 Å². The zero-order chi connectivity index (χ0) is 13.5. The van der Waals surface area contributed by atoms with Crippen molar-refractivity contribution in [3.05, 3.63) is 24.0 Å². The Labute approximate surface area is 107 Å². The van der Waals surface area contributed by atoms with Gasteiger partial charge < -0.3 is 20.5 Å². The van der Waals surface area contributed by atoms with E-state index >= 15 is 0 Å². The lowest BCUT2D eigenvalue weighted by Crippen LogP contribution is -2.37. The maximum Gasteiger partial charge on any atom is 0.146 e. The maximum atomic E-state index is 13.7. The summed E-state index contributed by atoms with van der Waals surface area (Å²) in [6, 6.07) is 4.52. The number of methoxy groups -OCH3 is 2. The molecule has 0 spiro atoms. The number of halogens is 1. The van der Waals surface area contributed by atoms with Crippen molar-refractivity contribution >= 4 is 5.69 Å². The van der Waals surface area contributed by atoms with E-state index in [0.29, 0.717) is 24.6 Å². The van der Waals surface area contributed by atoms with Gasteiger partial charge in [0, 0.05) is 31.7 Å². The Kier molecular flexibility index (Phi) is 5.88. The molecule has 0 saturated heterocycles. The van der Waals surface area contributed by atoms with Gasteiger partial charge in [-0.05, 0) is 12.1 Å². The van der Waals surface area contributed by atoms with Crippen LogP contribution in [0.2, 0.25) is 0 Å². The van der Waals surface area contributed by atoms with E-state index in [1.165, 1.54) is 6.07 Å². The van der Waals surface area contributed by atoms with Crippen LogP contribution in [-0.4, -0.2) is 33.4 Å². The molecule has 0 aliphatic carbocycles. The highest BCUT2D eigenvalue weighted by Crippen LogP contribution is 2.22. The molecule has 0 aliphatic heterocycles. The fourth-order valence-electron chi connectivity index (χ4n) is 1.75. The van der Waals surface area contributed by atoms with E-state index < -0.39 is 0 Å². The number of ether oxygens (including phenoxy) is 2. The summed E-state index contributed by atoms with van der Waals surface area (Å²) in [5.41, 5.74) is 6.10. The minimum Gasteiger partial charge on any atom is -0.497 e. The first-order chi connectivity index (χ1) is 8.62. The number of nitrogens with two attached hydrogens (primary N) is 1. The van der Waals surface area contributed by atoms with E-state index in [1.807, 2.05) is 6.92 Å². The lowest BCUT2D eigenvalue weighted by atomic mass is 10.0. The monoisotopic (exact) mass is 256 g/mol. The van der Waals surface area contributed by atoms with E-state index in [0.717, 1.165) is 0 Å². The minimum absolute atomic E-state index is 0.0495. The third kappa shape index (κ3) is 3.85. The predicted octanol–water partition coefficient (Wildman–Crippen LogP) is 1.86. The Hall–Kier alpha value is -1.33. The van der Waals surface area contributed by atoms with Crippen LogP contribution in [0.4, 0.5) is 10.1 Å². The van der Waals surface area contributed by atoms with Crippen molar-refractivity contribution in [2.45, 2.75) is 13.0 Å². The average Bonchev–Trinajstić information content (AvgIpc) is 2.38. The molecule has 0 saturated carbocycles. The van der Waals surface area contributed by atoms with Crippen molar-refractivity contribution < 1.29 is 13.9 Å². The zero-order valence-electron chi connectivity index (χ0n) is 11.1. The Morgan fingerprint density at radius 2 is 2.11 bits per heavy atom. The third-order valence-corrected chi connectivity index (χ3v) is 2.88. The molecule has 102 valence electrons. The summed E-state index contributed by atoms with van der Waals surface area (Å²) in [6.07, 6.45) is 0. The van der Waals surface area contributed by atoms with E-state index in [4.69, 9.17) is 15.2 Å². The molecule has 5 heteroatoms. The quantitative estimate of drug-likeness (QED) is 0.782. The van der Waals surface area contributed by atoms with Gasteiger partial charge in [-0.25, -0.2) is 4.39 Å². The molecule has 1 aromatic carbocycles. The van der Waals surface area contributed by atoms with Crippen LogP contribution in [-0.2, 0) is 4.74 Å². The van der Waals surface area contributed by atoms with Crippen LogP contribution < -0.4 is 15.8 Å². The largest absolute Gasteiger partial charge is 0.497 e. The fraction of sp³-hybridized carbons (Fsp3) is 0.538. The fourth-order valence-corrected chi connectivity index (χ4v) is 1.75. The Morgan fingerprint density at radius 3 is 2.67 bits per heavy atom. The Bertz CT molecular complexity index is 374. The lowest BCUT2D eigenvalue weighted by molar-refractivity contribution is 0.151. The van der Waals surface area contributed by atoms with Gasteiger partial charge in [0.05, 0.1) is 19.4 Å². The molecular weight excluding hydrogens is 235 g/mol. The van der Waals surface area contributed by atoms with Gasteiger partial charge >= 0.3 is 0 Å². The molecule has 18 heavy (non-hydrogen) atoms. The second-order valence-corrected chi connectivity index (χ2v) is 4.26. The standard InChI is InChI=1S/C13H21FN2O2/c1-9(8-17-2)13(7-15)16-12-6-10(18-3)4-5-11(12)14/h4-6,9,13,16H,7-8,15H2,1-3H3. The summed E-state index contributed by atoms with van der Waals surface area (Å²) in [5.74, 6) is 0.471. The second-order valence-electron chi connectivity index (χ2n) is 4.26. The maximum absolute atomic E-state index is 13.7. The van der Waals surface area contributed by atoms with Gasteiger partial charge in [0.1, 0.15) is 11.6 Å². The number of benzene rings is 1. The minimum atomic E-state index is -0.320. The van der Waals surface area contributed by atoms with E-state index in [9.17, 15) is 4.39 Å². The molecule has 1 rings (SSSR count). The molecule has 2 unspecified atom stereocenters. The first-order valence-electron chi connectivity index (χ1n) is 5.91. The van der Waals surface area contributed by atoms with Crippen LogP contribution in [0.15, 0.2) is 18.2 Å². The Balaban J connectivity index is 2.80. The van der Waals surface area contributed by atoms with E-state index in [2.05, 4.69) is 5.32 Å². The second kappa shape index (κ2) is 7.18. The molecule has 0 amide bonds. The molecule has 3 N–H and O–H groups in total. The van der Waals surface area contributed by atoms with Gasteiger partial charge in [-0.15, -0.1) is 0 Å². The molecule has 0 bridgehead atoms. The molecule has 0 aliphatic rings. The van der Waals surface area contributed by atoms with Gasteiger partial charge in [-0.3, -0.25) is 0 Å².